The zero-order chi connectivity index (χ0) is 10.8. The van der Waals surface area contributed by atoms with Crippen molar-refractivity contribution in [1.29, 1.82) is 0 Å². The van der Waals surface area contributed by atoms with Crippen LogP contribution in [0.2, 0.25) is 0 Å². The number of aromatic carboxylic acids is 1. The van der Waals surface area contributed by atoms with Gasteiger partial charge in [-0.05, 0) is 24.3 Å². The van der Waals surface area contributed by atoms with Gasteiger partial charge in [-0.3, -0.25) is 4.79 Å². The van der Waals surface area contributed by atoms with Crippen molar-refractivity contribution in [1.82, 2.24) is 0 Å². The second-order valence-electron chi connectivity index (χ2n) is 3.15. The van der Waals surface area contributed by atoms with Crippen LogP contribution in [0.4, 0.5) is 5.69 Å². The van der Waals surface area contributed by atoms with Crippen molar-refractivity contribution in [3.05, 3.63) is 29.8 Å². The highest BCUT2D eigenvalue weighted by atomic mass is 32.2. The highest BCUT2D eigenvalue weighted by molar-refractivity contribution is 8.00. The molecule has 0 radical (unpaired) electrons. The van der Waals surface area contributed by atoms with Gasteiger partial charge in [0.15, 0.2) is 0 Å². The summed E-state index contributed by atoms with van der Waals surface area (Å²) in [6, 6.07) is 6.34. The standard InChI is InChI=1S/C10H9NO3S/c12-9-5-15-6-11(9)8-3-1-7(2-4-8)10(13)14/h1-4H,5-6H2,(H,13,14). The molecular formula is C10H9NO3S. The van der Waals surface area contributed by atoms with E-state index in [0.29, 0.717) is 11.6 Å². The van der Waals surface area contributed by atoms with Gasteiger partial charge in [-0.15, -0.1) is 11.8 Å². The van der Waals surface area contributed by atoms with Crippen LogP contribution in [0.25, 0.3) is 0 Å². The molecule has 1 aromatic rings. The average molecular weight is 223 g/mol. The second kappa shape index (κ2) is 3.94. The fourth-order valence-corrected chi connectivity index (χ4v) is 2.27. The number of hydrogen-bond acceptors (Lipinski definition) is 3. The minimum Gasteiger partial charge on any atom is -0.478 e. The summed E-state index contributed by atoms with van der Waals surface area (Å²) in [5, 5.41) is 8.71. The number of carbonyl (C=O) groups excluding carboxylic acids is 1. The minimum atomic E-state index is -0.955. The molecule has 0 unspecified atom stereocenters. The first-order valence-electron chi connectivity index (χ1n) is 4.40. The predicted molar refractivity (Wildman–Crippen MR) is 58.2 cm³/mol. The number of carboxylic acids is 1. The van der Waals surface area contributed by atoms with Gasteiger partial charge in [-0.1, -0.05) is 0 Å². The smallest absolute Gasteiger partial charge is 0.335 e. The fourth-order valence-electron chi connectivity index (χ4n) is 1.38. The summed E-state index contributed by atoms with van der Waals surface area (Å²) < 4.78 is 0. The lowest BCUT2D eigenvalue weighted by Crippen LogP contribution is -2.24. The Morgan fingerprint density at radius 2 is 2.00 bits per heavy atom. The highest BCUT2D eigenvalue weighted by Crippen LogP contribution is 2.23. The molecule has 0 bridgehead atoms. The Morgan fingerprint density at radius 3 is 2.47 bits per heavy atom. The number of amides is 1. The SMILES string of the molecule is O=C(O)c1ccc(N2CSCC2=O)cc1. The number of carbonyl (C=O) groups is 2. The third kappa shape index (κ3) is 1.97. The van der Waals surface area contributed by atoms with E-state index in [1.807, 2.05) is 0 Å². The minimum absolute atomic E-state index is 0.0723. The number of anilines is 1. The van der Waals surface area contributed by atoms with E-state index in [-0.39, 0.29) is 11.5 Å². The first kappa shape index (κ1) is 10.0. The lowest BCUT2D eigenvalue weighted by Gasteiger charge is -2.14. The van der Waals surface area contributed by atoms with Crippen molar-refractivity contribution in [3.63, 3.8) is 0 Å². The monoisotopic (exact) mass is 223 g/mol. The van der Waals surface area contributed by atoms with E-state index in [1.54, 1.807) is 28.8 Å². The van der Waals surface area contributed by atoms with Crippen LogP contribution in [0.5, 0.6) is 0 Å². The van der Waals surface area contributed by atoms with E-state index in [1.165, 1.54) is 12.1 Å². The van der Waals surface area contributed by atoms with Crippen LogP contribution in [0, 0.1) is 0 Å². The molecular weight excluding hydrogens is 214 g/mol. The van der Waals surface area contributed by atoms with Crippen molar-refractivity contribution in [2.45, 2.75) is 0 Å². The van der Waals surface area contributed by atoms with Crippen LogP contribution in [0.15, 0.2) is 24.3 Å². The summed E-state index contributed by atoms with van der Waals surface area (Å²) in [4.78, 5) is 23.6. The van der Waals surface area contributed by atoms with Gasteiger partial charge in [0.1, 0.15) is 0 Å². The zero-order valence-corrected chi connectivity index (χ0v) is 8.66. The zero-order valence-electron chi connectivity index (χ0n) is 7.84. The predicted octanol–water partition coefficient (Wildman–Crippen LogP) is 1.42. The van der Waals surface area contributed by atoms with E-state index >= 15 is 0 Å². The molecule has 2 rings (SSSR count). The summed E-state index contributed by atoms with van der Waals surface area (Å²) in [6.07, 6.45) is 0. The third-order valence-corrected chi connectivity index (χ3v) is 3.06. The molecule has 0 aliphatic carbocycles. The maximum absolute atomic E-state index is 11.4. The van der Waals surface area contributed by atoms with Gasteiger partial charge in [-0.2, -0.15) is 0 Å². The van der Waals surface area contributed by atoms with Crippen LogP contribution in [0.1, 0.15) is 10.4 Å². The van der Waals surface area contributed by atoms with Gasteiger partial charge in [0, 0.05) is 5.69 Å². The summed E-state index contributed by atoms with van der Waals surface area (Å²) in [7, 11) is 0. The van der Waals surface area contributed by atoms with Crippen LogP contribution < -0.4 is 4.90 Å². The van der Waals surface area contributed by atoms with Gasteiger partial charge >= 0.3 is 5.97 Å². The molecule has 15 heavy (non-hydrogen) atoms. The van der Waals surface area contributed by atoms with Crippen LogP contribution >= 0.6 is 11.8 Å². The van der Waals surface area contributed by atoms with Crippen molar-refractivity contribution in [3.8, 4) is 0 Å². The largest absolute Gasteiger partial charge is 0.478 e. The molecule has 1 amide bonds. The fraction of sp³-hybridized carbons (Fsp3) is 0.200. The van der Waals surface area contributed by atoms with Gasteiger partial charge in [0.2, 0.25) is 5.91 Å². The topological polar surface area (TPSA) is 57.6 Å². The van der Waals surface area contributed by atoms with Crippen LogP contribution in [0.3, 0.4) is 0 Å². The molecule has 1 fully saturated rings. The Kier molecular flexibility index (Phi) is 2.64. The Hall–Kier alpha value is -1.49. The van der Waals surface area contributed by atoms with Crippen LogP contribution in [-0.4, -0.2) is 28.6 Å². The Balaban J connectivity index is 2.23. The van der Waals surface area contributed by atoms with E-state index < -0.39 is 5.97 Å². The summed E-state index contributed by atoms with van der Waals surface area (Å²) in [5.74, 6) is 0.262. The maximum Gasteiger partial charge on any atom is 0.335 e. The van der Waals surface area contributed by atoms with Crippen LogP contribution in [-0.2, 0) is 4.79 Å². The molecule has 1 heterocycles. The van der Waals surface area contributed by atoms with E-state index in [0.717, 1.165) is 5.69 Å². The molecule has 1 saturated heterocycles. The highest BCUT2D eigenvalue weighted by Gasteiger charge is 2.22. The number of benzene rings is 1. The Labute approximate surface area is 90.9 Å². The Morgan fingerprint density at radius 1 is 1.33 bits per heavy atom. The number of nitrogens with zero attached hydrogens (tertiary/aromatic N) is 1. The molecule has 1 aliphatic heterocycles. The lowest BCUT2D eigenvalue weighted by molar-refractivity contribution is -0.115. The van der Waals surface area contributed by atoms with E-state index in [9.17, 15) is 9.59 Å². The normalized spacial score (nSPS) is 15.7. The lowest BCUT2D eigenvalue weighted by atomic mass is 10.2. The quantitative estimate of drug-likeness (QED) is 0.823. The summed E-state index contributed by atoms with van der Waals surface area (Å²) >= 11 is 1.56. The molecule has 1 aromatic carbocycles. The second-order valence-corrected chi connectivity index (χ2v) is 4.11. The molecule has 0 aromatic heterocycles. The van der Waals surface area contributed by atoms with Crippen molar-refractivity contribution < 1.29 is 14.7 Å². The van der Waals surface area contributed by atoms with Gasteiger partial charge in [0.25, 0.3) is 0 Å². The van der Waals surface area contributed by atoms with Gasteiger partial charge in [0.05, 0.1) is 17.2 Å². The average Bonchev–Trinajstić information content (AvgIpc) is 2.65. The van der Waals surface area contributed by atoms with Crippen molar-refractivity contribution >= 4 is 29.3 Å². The molecule has 5 heteroatoms. The van der Waals surface area contributed by atoms with Gasteiger partial charge < -0.3 is 10.0 Å². The van der Waals surface area contributed by atoms with E-state index in [2.05, 4.69) is 0 Å². The summed E-state index contributed by atoms with van der Waals surface area (Å²) in [6.45, 7) is 0. The number of hydrogen-bond donors (Lipinski definition) is 1. The molecule has 0 atom stereocenters. The molecule has 4 nitrogen and oxygen atoms in total. The van der Waals surface area contributed by atoms with E-state index in [4.69, 9.17) is 5.11 Å². The molecule has 1 aliphatic rings. The third-order valence-electron chi connectivity index (χ3n) is 2.17. The number of thioether (sulfide) groups is 1. The molecule has 0 spiro atoms. The molecule has 0 saturated carbocycles. The molecule has 1 N–H and O–H groups in total. The summed E-state index contributed by atoms with van der Waals surface area (Å²) in [5.41, 5.74) is 0.994. The van der Waals surface area contributed by atoms with Crippen molar-refractivity contribution in [2.75, 3.05) is 16.5 Å². The van der Waals surface area contributed by atoms with Gasteiger partial charge in [-0.25, -0.2) is 4.79 Å². The number of carboxylic acid groups (broad SMARTS) is 1. The first-order valence-corrected chi connectivity index (χ1v) is 5.55. The maximum atomic E-state index is 11.4. The first-order chi connectivity index (χ1) is 7.18. The number of rotatable bonds is 2. The van der Waals surface area contributed by atoms with Crippen molar-refractivity contribution in [2.24, 2.45) is 0 Å². The molecule has 78 valence electrons. The Bertz CT molecular complexity index is 402.